The zero-order valence-corrected chi connectivity index (χ0v) is 13.4. The van der Waals surface area contributed by atoms with E-state index in [2.05, 4.69) is 33.7 Å². The van der Waals surface area contributed by atoms with Crippen LogP contribution >= 0.6 is 11.5 Å². The third-order valence-corrected chi connectivity index (χ3v) is 4.73. The maximum atomic E-state index is 12.1. The van der Waals surface area contributed by atoms with Crippen molar-refractivity contribution in [3.8, 4) is 0 Å². The molecule has 2 rings (SSSR count). The zero-order valence-electron chi connectivity index (χ0n) is 12.6. The summed E-state index contributed by atoms with van der Waals surface area (Å²) < 4.78 is 3.86. The first-order valence-corrected chi connectivity index (χ1v) is 8.22. The van der Waals surface area contributed by atoms with Crippen molar-refractivity contribution < 1.29 is 4.79 Å². The molecule has 0 saturated carbocycles. The van der Waals surface area contributed by atoms with Crippen LogP contribution in [0.2, 0.25) is 0 Å². The molecule has 1 aliphatic rings. The molecule has 1 N–H and O–H groups in total. The highest BCUT2D eigenvalue weighted by atomic mass is 32.1. The molecule has 1 fully saturated rings. The number of aryl methyl sites for hydroxylation is 1. The lowest BCUT2D eigenvalue weighted by Crippen LogP contribution is -2.46. The highest BCUT2D eigenvalue weighted by molar-refractivity contribution is 7.08. The summed E-state index contributed by atoms with van der Waals surface area (Å²) in [6.45, 7) is 9.44. The summed E-state index contributed by atoms with van der Waals surface area (Å²) in [5.74, 6) is 0.730. The van der Waals surface area contributed by atoms with Crippen LogP contribution in [0.4, 0.5) is 0 Å². The van der Waals surface area contributed by atoms with Crippen LogP contribution < -0.4 is 5.32 Å². The molecule has 1 aliphatic heterocycles. The minimum Gasteiger partial charge on any atom is -0.350 e. The van der Waals surface area contributed by atoms with Crippen molar-refractivity contribution in [2.45, 2.75) is 46.1 Å². The highest BCUT2D eigenvalue weighted by Crippen LogP contribution is 2.17. The number of piperidine rings is 1. The number of rotatable bonds is 5. The Hall–Kier alpha value is -1.01. The van der Waals surface area contributed by atoms with Crippen LogP contribution in [0.1, 0.15) is 49.0 Å². The van der Waals surface area contributed by atoms with Crippen molar-refractivity contribution in [2.24, 2.45) is 5.92 Å². The smallest absolute Gasteiger partial charge is 0.265 e. The van der Waals surface area contributed by atoms with Gasteiger partial charge in [0, 0.05) is 19.1 Å². The number of aromatic nitrogens is 2. The monoisotopic (exact) mass is 296 g/mol. The van der Waals surface area contributed by atoms with Crippen molar-refractivity contribution in [1.82, 2.24) is 19.8 Å². The number of nitrogens with one attached hydrogen (secondary N) is 1. The van der Waals surface area contributed by atoms with Crippen molar-refractivity contribution in [2.75, 3.05) is 19.6 Å². The highest BCUT2D eigenvalue weighted by Gasteiger charge is 2.22. The number of hydrogen-bond donors (Lipinski definition) is 1. The predicted molar refractivity (Wildman–Crippen MR) is 81.1 cm³/mol. The van der Waals surface area contributed by atoms with Crippen LogP contribution in [0.25, 0.3) is 0 Å². The van der Waals surface area contributed by atoms with Gasteiger partial charge in [0.15, 0.2) is 0 Å². The average molecular weight is 296 g/mol. The fourth-order valence-corrected chi connectivity index (χ4v) is 3.35. The van der Waals surface area contributed by atoms with Gasteiger partial charge in [-0.2, -0.15) is 0 Å². The predicted octanol–water partition coefficient (Wildman–Crippen LogP) is 1.95. The van der Waals surface area contributed by atoms with Gasteiger partial charge >= 0.3 is 0 Å². The number of hydrogen-bond acceptors (Lipinski definition) is 5. The van der Waals surface area contributed by atoms with Crippen LogP contribution in [0, 0.1) is 5.92 Å². The third-order valence-electron chi connectivity index (χ3n) is 3.97. The van der Waals surface area contributed by atoms with Gasteiger partial charge in [-0.3, -0.25) is 9.69 Å². The minimum atomic E-state index is -0.0336. The molecule has 5 nitrogen and oxygen atoms in total. The topological polar surface area (TPSA) is 58.1 Å². The molecule has 2 heterocycles. The summed E-state index contributed by atoms with van der Waals surface area (Å²) in [6.07, 6.45) is 3.33. The average Bonchev–Trinajstić information content (AvgIpc) is 2.92. The Morgan fingerprint density at radius 3 is 3.10 bits per heavy atom. The summed E-state index contributed by atoms with van der Waals surface area (Å²) >= 11 is 1.18. The van der Waals surface area contributed by atoms with Crippen LogP contribution in [0.5, 0.6) is 0 Å². The van der Waals surface area contributed by atoms with E-state index >= 15 is 0 Å². The molecule has 1 amide bonds. The Morgan fingerprint density at radius 2 is 2.40 bits per heavy atom. The van der Waals surface area contributed by atoms with Crippen LogP contribution in [0.15, 0.2) is 0 Å². The fraction of sp³-hybridized carbons (Fsp3) is 0.786. The Labute approximate surface area is 124 Å². The van der Waals surface area contributed by atoms with Gasteiger partial charge in [0.05, 0.1) is 5.69 Å². The van der Waals surface area contributed by atoms with E-state index in [9.17, 15) is 4.79 Å². The first-order chi connectivity index (χ1) is 9.61. The Morgan fingerprint density at radius 1 is 1.60 bits per heavy atom. The molecule has 1 saturated heterocycles. The number of nitrogens with zero attached hydrogens (tertiary/aromatic N) is 3. The van der Waals surface area contributed by atoms with Gasteiger partial charge < -0.3 is 5.32 Å². The van der Waals surface area contributed by atoms with Gasteiger partial charge in [-0.25, -0.2) is 0 Å². The van der Waals surface area contributed by atoms with E-state index in [1.54, 1.807) is 0 Å². The summed E-state index contributed by atoms with van der Waals surface area (Å²) in [5, 5.41) is 7.00. The first-order valence-electron chi connectivity index (χ1n) is 7.45. The van der Waals surface area contributed by atoms with Crippen molar-refractivity contribution in [1.29, 1.82) is 0 Å². The SMILES string of the molecule is CCc1nnsc1C(=O)NC[C@H](C)N1CCC[C@@H](C)C1. The minimum absolute atomic E-state index is 0.0336. The molecule has 1 aromatic rings. The van der Waals surface area contributed by atoms with Gasteiger partial charge in [-0.05, 0) is 50.2 Å². The normalized spacial score (nSPS) is 21.6. The maximum Gasteiger partial charge on any atom is 0.265 e. The number of amides is 1. The molecule has 20 heavy (non-hydrogen) atoms. The van der Waals surface area contributed by atoms with Crippen molar-refractivity contribution >= 4 is 17.4 Å². The Kier molecular flexibility index (Phi) is 5.48. The number of likely N-dealkylation sites (tertiary alicyclic amines) is 1. The van der Waals surface area contributed by atoms with Gasteiger partial charge in [0.2, 0.25) is 0 Å². The molecule has 0 bridgehead atoms. The molecule has 0 spiro atoms. The largest absolute Gasteiger partial charge is 0.350 e. The van der Waals surface area contributed by atoms with Crippen LogP contribution in [0.3, 0.4) is 0 Å². The van der Waals surface area contributed by atoms with E-state index in [-0.39, 0.29) is 5.91 Å². The van der Waals surface area contributed by atoms with Crippen molar-refractivity contribution in [3.05, 3.63) is 10.6 Å². The standard InChI is InChI=1S/C14H24N4OS/c1-4-12-13(20-17-16-12)14(19)15-8-11(3)18-7-5-6-10(2)9-18/h10-11H,4-9H2,1-3H3,(H,15,19)/t10-,11+/m1/s1. The number of carbonyl (C=O) groups excluding carboxylic acids is 1. The zero-order chi connectivity index (χ0) is 14.5. The van der Waals surface area contributed by atoms with E-state index in [0.29, 0.717) is 17.5 Å². The van der Waals surface area contributed by atoms with E-state index in [0.717, 1.165) is 31.1 Å². The first kappa shape index (κ1) is 15.4. The van der Waals surface area contributed by atoms with Gasteiger partial charge in [0.25, 0.3) is 5.91 Å². The van der Waals surface area contributed by atoms with Crippen LogP contribution in [-0.4, -0.2) is 46.1 Å². The molecule has 0 unspecified atom stereocenters. The third kappa shape index (κ3) is 3.76. The molecule has 1 aromatic heterocycles. The molecule has 0 aromatic carbocycles. The van der Waals surface area contributed by atoms with Crippen molar-refractivity contribution in [3.63, 3.8) is 0 Å². The van der Waals surface area contributed by atoms with Gasteiger partial charge in [-0.15, -0.1) is 5.10 Å². The lowest BCUT2D eigenvalue weighted by Gasteiger charge is -2.35. The lowest BCUT2D eigenvalue weighted by molar-refractivity contribution is 0.0920. The quantitative estimate of drug-likeness (QED) is 0.902. The molecule has 2 atom stereocenters. The molecule has 112 valence electrons. The Bertz CT molecular complexity index is 448. The number of carbonyl (C=O) groups is 1. The summed E-state index contributed by atoms with van der Waals surface area (Å²) in [7, 11) is 0. The second-order valence-corrected chi connectivity index (χ2v) is 6.46. The summed E-state index contributed by atoms with van der Waals surface area (Å²) in [5.41, 5.74) is 0.798. The second kappa shape index (κ2) is 7.13. The molecular formula is C14H24N4OS. The Balaban J connectivity index is 1.83. The fourth-order valence-electron chi connectivity index (χ4n) is 2.69. The maximum absolute atomic E-state index is 12.1. The van der Waals surface area contributed by atoms with E-state index in [1.165, 1.54) is 24.4 Å². The van der Waals surface area contributed by atoms with E-state index < -0.39 is 0 Å². The summed E-state index contributed by atoms with van der Waals surface area (Å²) in [4.78, 5) is 15.3. The molecule has 0 aliphatic carbocycles. The van der Waals surface area contributed by atoms with E-state index in [4.69, 9.17) is 0 Å². The van der Waals surface area contributed by atoms with Gasteiger partial charge in [-0.1, -0.05) is 18.3 Å². The summed E-state index contributed by atoms with van der Waals surface area (Å²) in [6, 6.07) is 0.382. The lowest BCUT2D eigenvalue weighted by atomic mass is 9.99. The molecule has 0 radical (unpaired) electrons. The van der Waals surface area contributed by atoms with E-state index in [1.807, 2.05) is 6.92 Å². The van der Waals surface area contributed by atoms with Gasteiger partial charge in [0.1, 0.15) is 4.88 Å². The molecular weight excluding hydrogens is 272 g/mol. The van der Waals surface area contributed by atoms with Crippen LogP contribution in [-0.2, 0) is 6.42 Å². The molecule has 6 heteroatoms. The second-order valence-electron chi connectivity index (χ2n) is 5.70.